The van der Waals surface area contributed by atoms with Crippen LogP contribution in [0.2, 0.25) is 0 Å². The molecule has 0 spiro atoms. The number of aromatic nitrogens is 2. The molecule has 1 aliphatic rings. The van der Waals surface area contributed by atoms with Crippen molar-refractivity contribution >= 4 is 17.8 Å². The van der Waals surface area contributed by atoms with Crippen LogP contribution in [0.1, 0.15) is 24.3 Å². The number of carboxylic acid groups (broad SMARTS) is 1. The first-order valence-electron chi connectivity index (χ1n) is 8.70. The predicted octanol–water partition coefficient (Wildman–Crippen LogP) is 1.77. The van der Waals surface area contributed by atoms with E-state index < -0.39 is 5.97 Å². The zero-order valence-electron chi connectivity index (χ0n) is 14.5. The monoisotopic (exact) mass is 354 g/mol. The van der Waals surface area contributed by atoms with E-state index in [1.807, 2.05) is 30.3 Å². The number of carbonyl (C=O) groups is 2. The van der Waals surface area contributed by atoms with E-state index in [0.717, 1.165) is 5.56 Å². The van der Waals surface area contributed by atoms with Crippen molar-refractivity contribution in [3.8, 4) is 0 Å². The van der Waals surface area contributed by atoms with Gasteiger partial charge in [0.25, 0.3) is 0 Å². The molecule has 26 heavy (non-hydrogen) atoms. The van der Waals surface area contributed by atoms with Gasteiger partial charge in [-0.3, -0.25) is 9.59 Å². The van der Waals surface area contributed by atoms with Crippen molar-refractivity contribution in [1.29, 1.82) is 0 Å². The topological polar surface area (TPSA) is 86.6 Å². The highest BCUT2D eigenvalue weighted by Gasteiger charge is 2.26. The second kappa shape index (κ2) is 8.42. The standard InChI is InChI=1S/C19H22N4O3/c24-17(13-16(14-18(25)26)15-5-2-1-3-6-15)22-9-11-23(12-10-22)19-20-7-4-8-21-19/h1-8,16H,9-14H2,(H,25,26). The smallest absolute Gasteiger partial charge is 0.303 e. The van der Waals surface area contributed by atoms with Crippen molar-refractivity contribution in [2.75, 3.05) is 31.1 Å². The molecule has 1 aromatic heterocycles. The van der Waals surface area contributed by atoms with Crippen molar-refractivity contribution in [3.63, 3.8) is 0 Å². The van der Waals surface area contributed by atoms with Crippen molar-refractivity contribution in [2.45, 2.75) is 18.8 Å². The van der Waals surface area contributed by atoms with Gasteiger partial charge in [-0.1, -0.05) is 30.3 Å². The Morgan fingerprint density at radius 2 is 1.62 bits per heavy atom. The van der Waals surface area contributed by atoms with Crippen LogP contribution < -0.4 is 4.90 Å². The number of hydrogen-bond donors (Lipinski definition) is 1. The molecule has 2 aromatic rings. The Morgan fingerprint density at radius 3 is 2.23 bits per heavy atom. The van der Waals surface area contributed by atoms with Crippen LogP contribution in [0.25, 0.3) is 0 Å². The van der Waals surface area contributed by atoms with Crippen molar-refractivity contribution in [3.05, 3.63) is 54.4 Å². The van der Waals surface area contributed by atoms with E-state index in [1.165, 1.54) is 0 Å². The predicted molar refractivity (Wildman–Crippen MR) is 96.9 cm³/mol. The normalized spacial score (nSPS) is 15.5. The van der Waals surface area contributed by atoms with Gasteiger partial charge in [0.15, 0.2) is 0 Å². The van der Waals surface area contributed by atoms with Crippen LogP contribution in [0, 0.1) is 0 Å². The van der Waals surface area contributed by atoms with Crippen LogP contribution in [0.15, 0.2) is 48.8 Å². The van der Waals surface area contributed by atoms with Gasteiger partial charge in [-0.15, -0.1) is 0 Å². The molecule has 1 N–H and O–H groups in total. The summed E-state index contributed by atoms with van der Waals surface area (Å²) in [5.74, 6) is -0.532. The summed E-state index contributed by atoms with van der Waals surface area (Å²) in [6.45, 7) is 2.52. The van der Waals surface area contributed by atoms with E-state index in [9.17, 15) is 14.7 Å². The summed E-state index contributed by atoms with van der Waals surface area (Å²) >= 11 is 0. The minimum atomic E-state index is -0.891. The molecule has 1 unspecified atom stereocenters. The Labute approximate surface area is 152 Å². The molecule has 1 fully saturated rings. The van der Waals surface area contributed by atoms with Gasteiger partial charge in [0.2, 0.25) is 11.9 Å². The molecule has 1 saturated heterocycles. The summed E-state index contributed by atoms with van der Waals surface area (Å²) in [7, 11) is 0. The molecule has 136 valence electrons. The van der Waals surface area contributed by atoms with E-state index in [4.69, 9.17) is 0 Å². The van der Waals surface area contributed by atoms with Crippen molar-refractivity contribution in [1.82, 2.24) is 14.9 Å². The Morgan fingerprint density at radius 1 is 0.962 bits per heavy atom. The first kappa shape index (κ1) is 17.8. The van der Waals surface area contributed by atoms with Crippen LogP contribution in [-0.4, -0.2) is 58.0 Å². The Hall–Kier alpha value is -2.96. The Bertz CT molecular complexity index is 731. The fourth-order valence-electron chi connectivity index (χ4n) is 3.19. The number of amides is 1. The molecule has 1 atom stereocenters. The first-order chi connectivity index (χ1) is 12.6. The maximum atomic E-state index is 12.7. The number of nitrogens with zero attached hydrogens (tertiary/aromatic N) is 4. The molecular weight excluding hydrogens is 332 g/mol. The molecular formula is C19H22N4O3. The van der Waals surface area contributed by atoms with E-state index in [2.05, 4.69) is 14.9 Å². The van der Waals surface area contributed by atoms with Crippen LogP contribution in [0.4, 0.5) is 5.95 Å². The fourth-order valence-corrected chi connectivity index (χ4v) is 3.19. The zero-order chi connectivity index (χ0) is 18.4. The molecule has 7 heteroatoms. The number of hydrogen-bond acceptors (Lipinski definition) is 5. The lowest BCUT2D eigenvalue weighted by molar-refractivity contribution is -0.138. The second-order valence-electron chi connectivity index (χ2n) is 6.33. The van der Waals surface area contributed by atoms with E-state index in [0.29, 0.717) is 32.1 Å². The third-order valence-corrected chi connectivity index (χ3v) is 4.58. The molecule has 7 nitrogen and oxygen atoms in total. The Kier molecular flexibility index (Phi) is 5.78. The molecule has 0 saturated carbocycles. The average molecular weight is 354 g/mol. The van der Waals surface area contributed by atoms with E-state index in [-0.39, 0.29) is 24.7 Å². The largest absolute Gasteiger partial charge is 0.481 e. The number of carboxylic acids is 1. The van der Waals surface area contributed by atoms with Gasteiger partial charge in [-0.05, 0) is 11.6 Å². The molecule has 0 radical (unpaired) electrons. The second-order valence-corrected chi connectivity index (χ2v) is 6.33. The van der Waals surface area contributed by atoms with Crippen LogP contribution >= 0.6 is 0 Å². The molecule has 0 bridgehead atoms. The third-order valence-electron chi connectivity index (χ3n) is 4.58. The van der Waals surface area contributed by atoms with Gasteiger partial charge >= 0.3 is 5.97 Å². The van der Waals surface area contributed by atoms with Gasteiger partial charge < -0.3 is 14.9 Å². The zero-order valence-corrected chi connectivity index (χ0v) is 14.5. The first-order valence-corrected chi connectivity index (χ1v) is 8.70. The summed E-state index contributed by atoms with van der Waals surface area (Å²) in [5.41, 5.74) is 0.888. The fraction of sp³-hybridized carbons (Fsp3) is 0.368. The molecule has 1 amide bonds. The molecule has 0 aliphatic carbocycles. The highest BCUT2D eigenvalue weighted by atomic mass is 16.4. The number of anilines is 1. The minimum Gasteiger partial charge on any atom is -0.481 e. The number of rotatable bonds is 6. The number of carbonyl (C=O) groups excluding carboxylic acids is 1. The summed E-state index contributed by atoms with van der Waals surface area (Å²) < 4.78 is 0. The lowest BCUT2D eigenvalue weighted by Crippen LogP contribution is -2.49. The summed E-state index contributed by atoms with van der Waals surface area (Å²) in [6, 6.07) is 11.2. The highest BCUT2D eigenvalue weighted by Crippen LogP contribution is 2.25. The maximum Gasteiger partial charge on any atom is 0.303 e. The van der Waals surface area contributed by atoms with Gasteiger partial charge in [-0.2, -0.15) is 0 Å². The van der Waals surface area contributed by atoms with Gasteiger partial charge in [0.1, 0.15) is 0 Å². The Balaban J connectivity index is 1.59. The van der Waals surface area contributed by atoms with Gasteiger partial charge in [-0.25, -0.2) is 9.97 Å². The lowest BCUT2D eigenvalue weighted by atomic mass is 9.92. The highest BCUT2D eigenvalue weighted by molar-refractivity contribution is 5.79. The molecule has 1 aromatic carbocycles. The quantitative estimate of drug-likeness (QED) is 0.851. The number of aliphatic carboxylic acids is 1. The van der Waals surface area contributed by atoms with Crippen LogP contribution in [0.5, 0.6) is 0 Å². The SMILES string of the molecule is O=C(O)CC(CC(=O)N1CCN(c2ncccn2)CC1)c1ccccc1. The molecule has 2 heterocycles. The van der Waals surface area contributed by atoms with Crippen LogP contribution in [-0.2, 0) is 9.59 Å². The maximum absolute atomic E-state index is 12.7. The summed E-state index contributed by atoms with van der Waals surface area (Å²) in [4.78, 5) is 36.2. The number of piperazine rings is 1. The molecule has 3 rings (SSSR count). The van der Waals surface area contributed by atoms with Crippen molar-refractivity contribution in [2.24, 2.45) is 0 Å². The summed E-state index contributed by atoms with van der Waals surface area (Å²) in [6.07, 6.45) is 3.57. The lowest BCUT2D eigenvalue weighted by Gasteiger charge is -2.35. The van der Waals surface area contributed by atoms with Crippen molar-refractivity contribution < 1.29 is 14.7 Å². The van der Waals surface area contributed by atoms with Crippen LogP contribution in [0.3, 0.4) is 0 Å². The minimum absolute atomic E-state index is 0.00580. The number of benzene rings is 1. The van der Waals surface area contributed by atoms with Gasteiger partial charge in [0.05, 0.1) is 6.42 Å². The third kappa shape index (κ3) is 4.56. The summed E-state index contributed by atoms with van der Waals surface area (Å²) in [5, 5.41) is 9.18. The van der Waals surface area contributed by atoms with Gasteiger partial charge in [0, 0.05) is 50.9 Å². The molecule has 1 aliphatic heterocycles. The average Bonchev–Trinajstić information content (AvgIpc) is 2.68. The van der Waals surface area contributed by atoms with E-state index in [1.54, 1.807) is 23.4 Å². The van der Waals surface area contributed by atoms with E-state index >= 15 is 0 Å².